The highest BCUT2D eigenvalue weighted by Gasteiger charge is 2.12. The normalized spacial score (nSPS) is 11.2. The number of nitrogens with one attached hydrogen (secondary N) is 2. The quantitative estimate of drug-likeness (QED) is 0.160. The predicted molar refractivity (Wildman–Crippen MR) is 158 cm³/mol. The molecule has 5 rings (SSSR count). The summed E-state index contributed by atoms with van der Waals surface area (Å²) in [6, 6.07) is 22.1. The van der Waals surface area contributed by atoms with Crippen molar-refractivity contribution in [1.82, 2.24) is 10.3 Å². The van der Waals surface area contributed by atoms with Crippen LogP contribution in [0.2, 0.25) is 15.1 Å². The Hall–Kier alpha value is -3.20. The molecule has 0 atom stereocenters. The van der Waals surface area contributed by atoms with Gasteiger partial charge in [0.1, 0.15) is 16.5 Å². The van der Waals surface area contributed by atoms with Gasteiger partial charge in [-0.05, 0) is 72.9 Å². The number of aromatic nitrogens is 1. The molecule has 10 heteroatoms. The van der Waals surface area contributed by atoms with Crippen LogP contribution in [-0.4, -0.2) is 16.0 Å². The van der Waals surface area contributed by atoms with Gasteiger partial charge in [0.2, 0.25) is 5.91 Å². The third-order valence-electron chi connectivity index (χ3n) is 5.21. The number of amides is 1. The van der Waals surface area contributed by atoms with Crippen molar-refractivity contribution in [3.8, 4) is 21.9 Å². The minimum Gasteiger partial charge on any atom is -0.457 e. The topological polar surface area (TPSA) is 67.2 Å². The van der Waals surface area contributed by atoms with Gasteiger partial charge in [-0.15, -0.1) is 11.3 Å². The largest absolute Gasteiger partial charge is 0.457 e. The van der Waals surface area contributed by atoms with E-state index in [2.05, 4.69) is 15.6 Å². The van der Waals surface area contributed by atoms with Gasteiger partial charge in [0.25, 0.3) is 0 Å². The van der Waals surface area contributed by atoms with E-state index in [1.807, 2.05) is 36.4 Å². The van der Waals surface area contributed by atoms with Crippen LogP contribution in [0, 0.1) is 0 Å². The van der Waals surface area contributed by atoms with Gasteiger partial charge in [0.15, 0.2) is 5.11 Å². The van der Waals surface area contributed by atoms with Gasteiger partial charge in [0.05, 0.1) is 25.9 Å². The summed E-state index contributed by atoms with van der Waals surface area (Å²) in [7, 11) is 0. The highest BCUT2D eigenvalue weighted by Crippen LogP contribution is 2.34. The summed E-state index contributed by atoms with van der Waals surface area (Å²) in [6.45, 7) is 0. The number of carbonyl (C=O) groups excluding carboxylic acids is 1. The molecule has 0 aliphatic rings. The number of anilines is 1. The minimum absolute atomic E-state index is 0.103. The highest BCUT2D eigenvalue weighted by molar-refractivity contribution is 7.80. The molecular formula is C27H16Cl3N3O2S2. The average molecular weight is 585 g/mol. The Morgan fingerprint density at radius 3 is 2.62 bits per heavy atom. The molecule has 0 spiro atoms. The van der Waals surface area contributed by atoms with Gasteiger partial charge in [-0.3, -0.25) is 10.1 Å². The lowest BCUT2D eigenvalue weighted by Crippen LogP contribution is -2.32. The summed E-state index contributed by atoms with van der Waals surface area (Å²) in [4.78, 5) is 17.1. The number of para-hydroxylation sites is 1. The lowest BCUT2D eigenvalue weighted by molar-refractivity contribution is -0.115. The van der Waals surface area contributed by atoms with Gasteiger partial charge >= 0.3 is 0 Å². The maximum absolute atomic E-state index is 12.4. The van der Waals surface area contributed by atoms with Crippen LogP contribution >= 0.6 is 58.4 Å². The molecule has 0 saturated carbocycles. The number of fused-ring (bicyclic) bond motifs is 1. The first-order valence-electron chi connectivity index (χ1n) is 10.9. The fourth-order valence-corrected chi connectivity index (χ4v) is 5.33. The Labute approximate surface area is 236 Å². The molecule has 5 nitrogen and oxygen atoms in total. The summed E-state index contributed by atoms with van der Waals surface area (Å²) in [5.74, 6) is 0.599. The number of thiazole rings is 1. The molecule has 0 unspecified atom stereocenters. The monoisotopic (exact) mass is 583 g/mol. The molecule has 184 valence electrons. The molecular weight excluding hydrogens is 569 g/mol. The number of furan rings is 1. The number of hydrogen-bond acceptors (Lipinski definition) is 5. The molecule has 2 aromatic heterocycles. The zero-order chi connectivity index (χ0) is 25.9. The number of hydrogen-bond donors (Lipinski definition) is 2. The Balaban J connectivity index is 1.23. The zero-order valence-corrected chi connectivity index (χ0v) is 22.7. The summed E-state index contributed by atoms with van der Waals surface area (Å²) in [6.07, 6.45) is 2.85. The van der Waals surface area contributed by atoms with Crippen molar-refractivity contribution in [3.05, 3.63) is 99.7 Å². The first-order valence-corrected chi connectivity index (χ1v) is 13.2. The van der Waals surface area contributed by atoms with E-state index < -0.39 is 5.91 Å². The molecule has 2 heterocycles. The summed E-state index contributed by atoms with van der Waals surface area (Å²) < 4.78 is 6.86. The molecule has 5 aromatic rings. The molecule has 0 fully saturated rings. The number of nitrogens with zero attached hydrogens (tertiary/aromatic N) is 1. The molecule has 0 radical (unpaired) electrons. The smallest absolute Gasteiger partial charge is 0.250 e. The van der Waals surface area contributed by atoms with Gasteiger partial charge in [-0.25, -0.2) is 4.98 Å². The number of halogens is 3. The number of benzene rings is 3. The van der Waals surface area contributed by atoms with Crippen LogP contribution in [0.1, 0.15) is 5.76 Å². The van der Waals surface area contributed by atoms with Crippen LogP contribution in [0.25, 0.3) is 38.2 Å². The molecule has 2 N–H and O–H groups in total. The lowest BCUT2D eigenvalue weighted by Gasteiger charge is -2.11. The third kappa shape index (κ3) is 6.04. The maximum Gasteiger partial charge on any atom is 0.250 e. The van der Waals surface area contributed by atoms with Crippen LogP contribution in [0.15, 0.2) is 83.3 Å². The number of thiocarbonyl (C=S) groups is 1. The van der Waals surface area contributed by atoms with E-state index in [9.17, 15) is 4.79 Å². The van der Waals surface area contributed by atoms with Crippen molar-refractivity contribution >= 4 is 91.4 Å². The molecule has 0 aliphatic carbocycles. The van der Waals surface area contributed by atoms with E-state index in [0.717, 1.165) is 20.8 Å². The lowest BCUT2D eigenvalue weighted by atomic mass is 10.2. The number of carbonyl (C=O) groups is 1. The van der Waals surface area contributed by atoms with Crippen molar-refractivity contribution in [1.29, 1.82) is 0 Å². The standard InChI is InChI=1S/C27H16Cl3N3O2S2/c28-16-6-9-18(20(30)14-16)23-11-7-17(35-23)8-12-25(34)33-27(36)32-22-13-15(5-10-19(22)29)26-31-21-3-1-2-4-24(21)37-26/h1-14H,(H2,32,33,34,36)/b12-8+. The molecule has 1 amide bonds. The van der Waals surface area contributed by atoms with Crippen LogP contribution < -0.4 is 10.6 Å². The molecule has 0 bridgehead atoms. The minimum atomic E-state index is -0.432. The molecule has 0 saturated heterocycles. The molecule has 0 aliphatic heterocycles. The first kappa shape index (κ1) is 25.4. The van der Waals surface area contributed by atoms with Gasteiger partial charge in [-0.2, -0.15) is 0 Å². The van der Waals surface area contributed by atoms with Crippen LogP contribution in [0.3, 0.4) is 0 Å². The summed E-state index contributed by atoms with van der Waals surface area (Å²) >= 11 is 25.4. The SMILES string of the molecule is O=C(/C=C/c1ccc(-c2ccc(Cl)cc2Cl)o1)NC(=S)Nc1cc(-c2nc3ccccc3s2)ccc1Cl. The second kappa shape index (κ2) is 11.0. The second-order valence-electron chi connectivity index (χ2n) is 7.78. The Bertz CT molecular complexity index is 1640. The van der Waals surface area contributed by atoms with E-state index in [1.165, 1.54) is 12.2 Å². The van der Waals surface area contributed by atoms with Gasteiger partial charge < -0.3 is 9.73 Å². The Kier molecular flexibility index (Phi) is 7.60. The van der Waals surface area contributed by atoms with E-state index >= 15 is 0 Å². The fourth-order valence-electron chi connectivity index (χ4n) is 3.49. The van der Waals surface area contributed by atoms with Gasteiger partial charge in [-0.1, -0.05) is 53.0 Å². The van der Waals surface area contributed by atoms with E-state index in [4.69, 9.17) is 51.4 Å². The van der Waals surface area contributed by atoms with Crippen LogP contribution in [-0.2, 0) is 4.79 Å². The zero-order valence-electron chi connectivity index (χ0n) is 18.8. The molecule has 3 aromatic carbocycles. The maximum atomic E-state index is 12.4. The van der Waals surface area contributed by atoms with Crippen molar-refractivity contribution in [2.24, 2.45) is 0 Å². The highest BCUT2D eigenvalue weighted by atomic mass is 35.5. The van der Waals surface area contributed by atoms with Crippen molar-refractivity contribution in [3.63, 3.8) is 0 Å². The molecule has 37 heavy (non-hydrogen) atoms. The van der Waals surface area contributed by atoms with Crippen molar-refractivity contribution in [2.45, 2.75) is 0 Å². The van der Waals surface area contributed by atoms with Crippen LogP contribution in [0.4, 0.5) is 5.69 Å². The summed E-state index contributed by atoms with van der Waals surface area (Å²) in [5, 5.41) is 8.01. The van der Waals surface area contributed by atoms with Crippen LogP contribution in [0.5, 0.6) is 0 Å². The van der Waals surface area contributed by atoms with E-state index in [0.29, 0.717) is 37.8 Å². The van der Waals surface area contributed by atoms with E-state index in [1.54, 1.807) is 47.7 Å². The van der Waals surface area contributed by atoms with Gasteiger partial charge in [0, 0.05) is 22.2 Å². The average Bonchev–Trinajstić information content (AvgIpc) is 3.51. The van der Waals surface area contributed by atoms with Crippen molar-refractivity contribution < 1.29 is 9.21 Å². The Morgan fingerprint density at radius 1 is 0.973 bits per heavy atom. The fraction of sp³-hybridized carbons (Fsp3) is 0. The van der Waals surface area contributed by atoms with Crippen molar-refractivity contribution in [2.75, 3.05) is 5.32 Å². The Morgan fingerprint density at radius 2 is 1.81 bits per heavy atom. The number of rotatable bonds is 5. The first-order chi connectivity index (χ1) is 17.9. The van der Waals surface area contributed by atoms with E-state index in [-0.39, 0.29) is 5.11 Å². The second-order valence-corrected chi connectivity index (χ2v) is 10.5. The third-order valence-corrected chi connectivity index (χ3v) is 7.38. The summed E-state index contributed by atoms with van der Waals surface area (Å²) in [5.41, 5.74) is 3.08. The predicted octanol–water partition coefficient (Wildman–Crippen LogP) is 8.71.